The van der Waals surface area contributed by atoms with Gasteiger partial charge in [0, 0.05) is 12.7 Å². The molecule has 2 aliphatic rings. The molecule has 5 heteroatoms. The molecule has 1 heterocycles. The van der Waals surface area contributed by atoms with E-state index in [-0.39, 0.29) is 11.7 Å². The third-order valence-electron chi connectivity index (χ3n) is 7.00. The Morgan fingerprint density at radius 3 is 2.39 bits per heavy atom. The normalized spacial score (nSPS) is 22.9. The monoisotopic (exact) mass is 441 g/mol. The van der Waals surface area contributed by atoms with E-state index < -0.39 is 11.5 Å². The number of nitrogen functional groups attached to an aromatic ring is 1. The van der Waals surface area contributed by atoms with Gasteiger partial charge in [-0.05, 0) is 77.8 Å². The molecule has 168 valence electrons. The topological polar surface area (TPSA) is 58.4 Å². The number of amides is 1. The maximum atomic E-state index is 14.0. The summed E-state index contributed by atoms with van der Waals surface area (Å²) in [6.07, 6.45) is 2.47. The van der Waals surface area contributed by atoms with Gasteiger partial charge in [-0.25, -0.2) is 4.39 Å². The fourth-order valence-electron chi connectivity index (χ4n) is 4.92. The number of halogens is 1. The Morgan fingerprint density at radius 2 is 1.73 bits per heavy atom. The molecule has 1 saturated heterocycles. The fraction of sp³-hybridized carbons (Fsp3) is 0.250. The molecule has 2 atom stereocenters. The first-order chi connectivity index (χ1) is 15.8. The van der Waals surface area contributed by atoms with Crippen LogP contribution in [0.5, 0.6) is 0 Å². The number of nitrogens with one attached hydrogen (secondary N) is 1. The highest BCUT2D eigenvalue weighted by Gasteiger charge is 2.47. The van der Waals surface area contributed by atoms with Gasteiger partial charge in [-0.3, -0.25) is 4.79 Å². The minimum Gasteiger partial charge on any atom is -0.399 e. The summed E-state index contributed by atoms with van der Waals surface area (Å²) in [5, 5.41) is 3.50. The summed E-state index contributed by atoms with van der Waals surface area (Å²) in [4.78, 5) is 15.1. The second-order valence-corrected chi connectivity index (χ2v) is 9.40. The molecule has 33 heavy (non-hydrogen) atoms. The van der Waals surface area contributed by atoms with Crippen molar-refractivity contribution < 1.29 is 9.18 Å². The molecule has 3 aromatic carbocycles. The van der Waals surface area contributed by atoms with E-state index in [1.165, 1.54) is 30.5 Å². The van der Waals surface area contributed by atoms with Crippen molar-refractivity contribution in [1.29, 1.82) is 0 Å². The van der Waals surface area contributed by atoms with Crippen LogP contribution in [0.25, 0.3) is 11.1 Å². The maximum absolute atomic E-state index is 14.0. The number of carbonyl (C=O) groups is 1. The van der Waals surface area contributed by atoms with Crippen LogP contribution in [0.1, 0.15) is 48.3 Å². The van der Waals surface area contributed by atoms with Gasteiger partial charge in [0.05, 0.1) is 11.5 Å². The first-order valence-corrected chi connectivity index (χ1v) is 11.3. The summed E-state index contributed by atoms with van der Waals surface area (Å²) in [6.45, 7) is 6.10. The van der Waals surface area contributed by atoms with Crippen molar-refractivity contribution in [2.75, 3.05) is 12.8 Å². The number of nitrogens with two attached hydrogens (primary N) is 1. The maximum Gasteiger partial charge on any atom is 0.238 e. The number of likely N-dealkylation sites (N-methyl/N-ethyl adjacent to an activating group) is 1. The van der Waals surface area contributed by atoms with Gasteiger partial charge in [-0.2, -0.15) is 0 Å². The molecular weight excluding hydrogens is 413 g/mol. The summed E-state index contributed by atoms with van der Waals surface area (Å²) in [5.74, 6) is 0.364. The van der Waals surface area contributed by atoms with E-state index in [1.807, 2.05) is 31.2 Å². The standard InChI is InChI=1S/C28H28FN3O/c1-17-31-28(2,23-6-4-5-21(13-23)22-14-24(29)16-25(30)15-22)26(27(33)32(17)3)20-11-9-19(10-12-20)18-7-8-18/h4-6,9-16,18,26,31H,1,7-8,30H2,2-3H3/t26-,28-/m1/s1. The van der Waals surface area contributed by atoms with Crippen molar-refractivity contribution in [2.45, 2.75) is 37.1 Å². The summed E-state index contributed by atoms with van der Waals surface area (Å²) in [5.41, 5.74) is 10.2. The Kier molecular flexibility index (Phi) is 5.00. The van der Waals surface area contributed by atoms with Crippen LogP contribution in [0.3, 0.4) is 0 Å². The number of rotatable bonds is 4. The minimum atomic E-state index is -0.739. The largest absolute Gasteiger partial charge is 0.399 e. The molecule has 1 amide bonds. The zero-order valence-corrected chi connectivity index (χ0v) is 18.9. The van der Waals surface area contributed by atoms with E-state index in [2.05, 4.69) is 36.2 Å². The average Bonchev–Trinajstić information content (AvgIpc) is 3.63. The minimum absolute atomic E-state index is 0.0131. The molecule has 0 bridgehead atoms. The van der Waals surface area contributed by atoms with E-state index in [9.17, 15) is 9.18 Å². The van der Waals surface area contributed by atoms with Crippen molar-refractivity contribution in [2.24, 2.45) is 0 Å². The smallest absolute Gasteiger partial charge is 0.238 e. The van der Waals surface area contributed by atoms with E-state index in [0.29, 0.717) is 23.0 Å². The van der Waals surface area contributed by atoms with Crippen LogP contribution >= 0.6 is 0 Å². The molecule has 1 saturated carbocycles. The third-order valence-corrected chi connectivity index (χ3v) is 7.00. The van der Waals surface area contributed by atoms with E-state index in [4.69, 9.17) is 5.73 Å². The first kappa shape index (κ1) is 21.3. The number of hydrogen-bond donors (Lipinski definition) is 2. The lowest BCUT2D eigenvalue weighted by atomic mass is 9.73. The molecule has 3 N–H and O–H groups in total. The van der Waals surface area contributed by atoms with Crippen molar-refractivity contribution in [3.63, 3.8) is 0 Å². The van der Waals surface area contributed by atoms with Crippen molar-refractivity contribution in [3.8, 4) is 11.1 Å². The van der Waals surface area contributed by atoms with Gasteiger partial charge in [0.15, 0.2) is 0 Å². The summed E-state index contributed by atoms with van der Waals surface area (Å²) in [7, 11) is 1.74. The average molecular weight is 442 g/mol. The van der Waals surface area contributed by atoms with Crippen LogP contribution in [0, 0.1) is 5.82 Å². The molecule has 1 aliphatic carbocycles. The highest BCUT2D eigenvalue weighted by atomic mass is 19.1. The second kappa shape index (κ2) is 7.77. The van der Waals surface area contributed by atoms with Gasteiger partial charge in [-0.15, -0.1) is 0 Å². The predicted octanol–water partition coefficient (Wildman–Crippen LogP) is 5.48. The summed E-state index contributed by atoms with van der Waals surface area (Å²) < 4.78 is 14.0. The summed E-state index contributed by atoms with van der Waals surface area (Å²) in [6, 6.07) is 20.8. The van der Waals surface area contributed by atoms with Gasteiger partial charge < -0.3 is 16.0 Å². The summed E-state index contributed by atoms with van der Waals surface area (Å²) >= 11 is 0. The van der Waals surface area contributed by atoms with Gasteiger partial charge in [0.2, 0.25) is 5.91 Å². The highest BCUT2D eigenvalue weighted by Crippen LogP contribution is 2.45. The lowest BCUT2D eigenvalue weighted by Gasteiger charge is -2.47. The van der Waals surface area contributed by atoms with Gasteiger partial charge in [0.25, 0.3) is 0 Å². The molecular formula is C28H28FN3O. The molecule has 2 fully saturated rings. The van der Waals surface area contributed by atoms with Gasteiger partial charge in [-0.1, -0.05) is 49.0 Å². The number of nitrogens with zero attached hydrogens (tertiary/aromatic N) is 1. The quantitative estimate of drug-likeness (QED) is 0.527. The van der Waals surface area contributed by atoms with Crippen molar-refractivity contribution >= 4 is 11.6 Å². The lowest BCUT2D eigenvalue weighted by molar-refractivity contribution is -0.134. The van der Waals surface area contributed by atoms with Crippen LogP contribution in [0.15, 0.2) is 79.1 Å². The van der Waals surface area contributed by atoms with Crippen LogP contribution in [0.4, 0.5) is 10.1 Å². The van der Waals surface area contributed by atoms with Crippen LogP contribution in [-0.4, -0.2) is 17.9 Å². The van der Waals surface area contributed by atoms with Crippen molar-refractivity contribution in [1.82, 2.24) is 10.2 Å². The third kappa shape index (κ3) is 3.78. The molecule has 5 rings (SSSR count). The number of benzene rings is 3. The number of anilines is 1. The lowest BCUT2D eigenvalue weighted by Crippen LogP contribution is -2.57. The number of hydrogen-bond acceptors (Lipinski definition) is 3. The van der Waals surface area contributed by atoms with Crippen LogP contribution in [0.2, 0.25) is 0 Å². The Labute approximate surface area is 193 Å². The predicted molar refractivity (Wildman–Crippen MR) is 130 cm³/mol. The Hall–Kier alpha value is -3.60. The molecule has 0 radical (unpaired) electrons. The molecule has 3 aromatic rings. The van der Waals surface area contributed by atoms with Gasteiger partial charge in [0.1, 0.15) is 11.6 Å². The molecule has 0 aromatic heterocycles. The van der Waals surface area contributed by atoms with E-state index in [0.717, 1.165) is 16.7 Å². The SMILES string of the molecule is C=C1N[C@](C)(c2cccc(-c3cc(N)cc(F)c3)c2)[C@H](c2ccc(C3CC3)cc2)C(=O)N1C. The Balaban J connectivity index is 1.60. The fourth-order valence-corrected chi connectivity index (χ4v) is 4.92. The van der Waals surface area contributed by atoms with E-state index in [1.54, 1.807) is 18.0 Å². The molecule has 4 nitrogen and oxygen atoms in total. The Morgan fingerprint density at radius 1 is 1.03 bits per heavy atom. The van der Waals surface area contributed by atoms with Crippen molar-refractivity contribution in [3.05, 3.63) is 102 Å². The zero-order chi connectivity index (χ0) is 23.3. The molecule has 0 spiro atoms. The first-order valence-electron chi connectivity index (χ1n) is 11.3. The zero-order valence-electron chi connectivity index (χ0n) is 18.9. The van der Waals surface area contributed by atoms with Crippen LogP contribution in [-0.2, 0) is 10.3 Å². The molecule has 1 aliphatic heterocycles. The molecule has 0 unspecified atom stereocenters. The van der Waals surface area contributed by atoms with Gasteiger partial charge >= 0.3 is 0 Å². The van der Waals surface area contributed by atoms with Crippen LogP contribution < -0.4 is 11.1 Å². The number of carbonyl (C=O) groups excluding carboxylic acids is 1. The Bertz CT molecular complexity index is 1230. The second-order valence-electron chi connectivity index (χ2n) is 9.40. The highest BCUT2D eigenvalue weighted by molar-refractivity contribution is 5.88. The van der Waals surface area contributed by atoms with E-state index >= 15 is 0 Å².